The number of para-hydroxylation sites is 1. The molecule has 34 heavy (non-hydrogen) atoms. The van der Waals surface area contributed by atoms with Gasteiger partial charge in [0.1, 0.15) is 11.3 Å². The molecule has 5 aromatic rings. The third-order valence-corrected chi connectivity index (χ3v) is 5.76. The largest absolute Gasteiger partial charge is 0.496 e. The van der Waals surface area contributed by atoms with E-state index in [2.05, 4.69) is 33.8 Å². The van der Waals surface area contributed by atoms with Gasteiger partial charge in [0.15, 0.2) is 10.7 Å². The Balaban J connectivity index is 1.37. The molecule has 5 rings (SSSR count). The van der Waals surface area contributed by atoms with E-state index in [9.17, 15) is 4.79 Å². The van der Waals surface area contributed by atoms with E-state index < -0.39 is 0 Å². The van der Waals surface area contributed by atoms with Crippen molar-refractivity contribution < 1.29 is 13.9 Å². The summed E-state index contributed by atoms with van der Waals surface area (Å²) in [5, 5.41) is 8.11. The average Bonchev–Trinajstić information content (AvgIpc) is 3.26. The molecule has 6 nitrogen and oxygen atoms in total. The lowest BCUT2D eigenvalue weighted by Gasteiger charge is -2.13. The molecule has 0 aliphatic heterocycles. The van der Waals surface area contributed by atoms with Crippen LogP contribution in [0, 0.1) is 6.92 Å². The smallest absolute Gasteiger partial charge is 0.261 e. The zero-order chi connectivity index (χ0) is 23.7. The molecule has 0 saturated carbocycles. The molecule has 4 aromatic carbocycles. The maximum atomic E-state index is 12.7. The number of anilines is 1. The Bertz CT molecular complexity index is 1550. The van der Waals surface area contributed by atoms with Gasteiger partial charge in [-0.3, -0.25) is 10.1 Å². The number of benzene rings is 4. The number of methoxy groups -OCH3 is 1. The van der Waals surface area contributed by atoms with Gasteiger partial charge < -0.3 is 14.5 Å². The lowest BCUT2D eigenvalue weighted by molar-refractivity contribution is 0.0974. The number of nitrogens with one attached hydrogen (secondary N) is 2. The summed E-state index contributed by atoms with van der Waals surface area (Å²) in [6.45, 7) is 1.88. The fourth-order valence-electron chi connectivity index (χ4n) is 3.97. The van der Waals surface area contributed by atoms with Gasteiger partial charge in [-0.25, -0.2) is 4.98 Å². The van der Waals surface area contributed by atoms with Gasteiger partial charge in [-0.05, 0) is 65.8 Å². The second kappa shape index (κ2) is 8.96. The molecule has 0 fully saturated rings. The number of nitrogens with zero attached hydrogens (tertiary/aromatic N) is 1. The predicted octanol–water partition coefficient (Wildman–Crippen LogP) is 6.09. The number of oxazole rings is 1. The standard InChI is InChI=1S/C27H21N3O3S/c1-16-7-5-12-21(24(16)32-2)25(31)30-27(34)28-18-13-14-23-22(15-18)29-26(33-23)20-11-6-9-17-8-3-4-10-19(17)20/h3-15H,1-2H3,(H2,28,30,31,34). The van der Waals surface area contributed by atoms with E-state index in [4.69, 9.17) is 21.4 Å². The SMILES string of the molecule is COc1c(C)cccc1C(=O)NC(=S)Nc1ccc2oc(-c3cccc4ccccc34)nc2c1. The Hall–Kier alpha value is -4.23. The maximum Gasteiger partial charge on any atom is 0.261 e. The Morgan fingerprint density at radius 1 is 1.00 bits per heavy atom. The highest BCUT2D eigenvalue weighted by atomic mass is 32.1. The highest BCUT2D eigenvalue weighted by Gasteiger charge is 2.16. The van der Waals surface area contributed by atoms with Crippen LogP contribution in [-0.4, -0.2) is 23.1 Å². The first-order valence-electron chi connectivity index (χ1n) is 10.7. The molecule has 168 valence electrons. The summed E-state index contributed by atoms with van der Waals surface area (Å²) in [6.07, 6.45) is 0. The first-order valence-corrected chi connectivity index (χ1v) is 11.1. The quantitative estimate of drug-likeness (QED) is 0.312. The van der Waals surface area contributed by atoms with Crippen molar-refractivity contribution in [2.45, 2.75) is 6.92 Å². The molecule has 0 spiro atoms. The third-order valence-electron chi connectivity index (χ3n) is 5.55. The molecule has 7 heteroatoms. The normalized spacial score (nSPS) is 10.9. The topological polar surface area (TPSA) is 76.4 Å². The molecule has 0 atom stereocenters. The van der Waals surface area contributed by atoms with Crippen LogP contribution in [0.3, 0.4) is 0 Å². The number of aryl methyl sites for hydroxylation is 1. The number of ether oxygens (including phenoxy) is 1. The number of fused-ring (bicyclic) bond motifs is 2. The van der Waals surface area contributed by atoms with E-state index in [1.807, 2.05) is 55.5 Å². The minimum Gasteiger partial charge on any atom is -0.496 e. The predicted molar refractivity (Wildman–Crippen MR) is 138 cm³/mol. The Morgan fingerprint density at radius 2 is 1.79 bits per heavy atom. The van der Waals surface area contributed by atoms with Crippen LogP contribution in [0.2, 0.25) is 0 Å². The van der Waals surface area contributed by atoms with Gasteiger partial charge >= 0.3 is 0 Å². The van der Waals surface area contributed by atoms with Crippen LogP contribution in [0.15, 0.2) is 83.3 Å². The molecule has 1 amide bonds. The third kappa shape index (κ3) is 4.09. The van der Waals surface area contributed by atoms with E-state index >= 15 is 0 Å². The van der Waals surface area contributed by atoms with E-state index in [0.717, 1.165) is 21.9 Å². The molecule has 1 aromatic heterocycles. The number of carbonyl (C=O) groups is 1. The van der Waals surface area contributed by atoms with Crippen molar-refractivity contribution >= 4 is 50.8 Å². The van der Waals surface area contributed by atoms with Crippen molar-refractivity contribution in [3.05, 3.63) is 90.0 Å². The Kier molecular flexibility index (Phi) is 5.69. The van der Waals surface area contributed by atoms with E-state index in [0.29, 0.717) is 34.0 Å². The van der Waals surface area contributed by atoms with Crippen molar-refractivity contribution in [3.8, 4) is 17.2 Å². The van der Waals surface area contributed by atoms with Gasteiger partial charge in [-0.1, -0.05) is 48.5 Å². The molecular weight excluding hydrogens is 446 g/mol. The summed E-state index contributed by atoms with van der Waals surface area (Å²) >= 11 is 5.35. The van der Waals surface area contributed by atoms with Crippen LogP contribution in [0.4, 0.5) is 5.69 Å². The van der Waals surface area contributed by atoms with Crippen LogP contribution < -0.4 is 15.4 Å². The molecule has 0 aliphatic carbocycles. The van der Waals surface area contributed by atoms with Gasteiger partial charge in [-0.15, -0.1) is 0 Å². The lowest BCUT2D eigenvalue weighted by Crippen LogP contribution is -2.34. The summed E-state index contributed by atoms with van der Waals surface area (Å²) in [6, 6.07) is 25.0. The number of aromatic nitrogens is 1. The van der Waals surface area contributed by atoms with Crippen molar-refractivity contribution in [1.82, 2.24) is 10.3 Å². The maximum absolute atomic E-state index is 12.7. The van der Waals surface area contributed by atoms with E-state index in [1.54, 1.807) is 12.1 Å². The van der Waals surface area contributed by atoms with Gasteiger partial charge in [0.25, 0.3) is 5.91 Å². The van der Waals surface area contributed by atoms with Crippen LogP contribution in [0.25, 0.3) is 33.3 Å². The van der Waals surface area contributed by atoms with Gasteiger partial charge in [0, 0.05) is 11.3 Å². The Labute approximate surface area is 201 Å². The molecule has 0 unspecified atom stereocenters. The minimum atomic E-state index is -0.348. The number of rotatable bonds is 4. The number of carbonyl (C=O) groups excluding carboxylic acids is 1. The second-order valence-corrected chi connectivity index (χ2v) is 8.20. The zero-order valence-electron chi connectivity index (χ0n) is 18.6. The summed E-state index contributed by atoms with van der Waals surface area (Å²) in [5.74, 6) is 0.720. The summed E-state index contributed by atoms with van der Waals surface area (Å²) in [5.41, 5.74) is 4.24. The molecular formula is C27H21N3O3S. The van der Waals surface area contributed by atoms with Crippen molar-refractivity contribution in [2.24, 2.45) is 0 Å². The van der Waals surface area contributed by atoms with Gasteiger partial charge in [0.05, 0.1) is 12.7 Å². The number of hydrogen-bond acceptors (Lipinski definition) is 5. The van der Waals surface area contributed by atoms with Crippen LogP contribution in [-0.2, 0) is 0 Å². The van der Waals surface area contributed by atoms with Crippen molar-refractivity contribution in [1.29, 1.82) is 0 Å². The Morgan fingerprint density at radius 3 is 2.65 bits per heavy atom. The summed E-state index contributed by atoms with van der Waals surface area (Å²) < 4.78 is 11.4. The number of thiocarbonyl (C=S) groups is 1. The fourth-order valence-corrected chi connectivity index (χ4v) is 4.18. The highest BCUT2D eigenvalue weighted by Crippen LogP contribution is 2.31. The fraction of sp³-hybridized carbons (Fsp3) is 0.0741. The summed E-state index contributed by atoms with van der Waals surface area (Å²) in [7, 11) is 1.54. The molecule has 0 bridgehead atoms. The van der Waals surface area contributed by atoms with Crippen molar-refractivity contribution in [3.63, 3.8) is 0 Å². The first kappa shape index (κ1) is 21.6. The second-order valence-electron chi connectivity index (χ2n) is 7.79. The van der Waals surface area contributed by atoms with E-state index in [1.165, 1.54) is 7.11 Å². The molecule has 1 heterocycles. The van der Waals surface area contributed by atoms with Gasteiger partial charge in [0.2, 0.25) is 5.89 Å². The minimum absolute atomic E-state index is 0.172. The molecule has 2 N–H and O–H groups in total. The average molecular weight is 468 g/mol. The van der Waals surface area contributed by atoms with Crippen LogP contribution in [0.5, 0.6) is 5.75 Å². The molecule has 0 aliphatic rings. The number of amides is 1. The van der Waals surface area contributed by atoms with Crippen LogP contribution in [0.1, 0.15) is 15.9 Å². The highest BCUT2D eigenvalue weighted by molar-refractivity contribution is 7.80. The monoisotopic (exact) mass is 467 g/mol. The van der Waals surface area contributed by atoms with Crippen molar-refractivity contribution in [2.75, 3.05) is 12.4 Å². The van der Waals surface area contributed by atoms with Gasteiger partial charge in [-0.2, -0.15) is 0 Å². The van der Waals surface area contributed by atoms with E-state index in [-0.39, 0.29) is 11.0 Å². The van der Waals surface area contributed by atoms with Crippen LogP contribution >= 0.6 is 12.2 Å². The lowest BCUT2D eigenvalue weighted by atomic mass is 10.0. The molecule has 0 saturated heterocycles. The number of hydrogen-bond donors (Lipinski definition) is 2. The first-order chi connectivity index (χ1) is 16.5. The zero-order valence-corrected chi connectivity index (χ0v) is 19.4. The molecule has 0 radical (unpaired) electrons. The summed E-state index contributed by atoms with van der Waals surface area (Å²) in [4.78, 5) is 17.4.